The Hall–Kier alpha value is -3.07. The van der Waals surface area contributed by atoms with Crippen LogP contribution in [-0.4, -0.2) is 34.0 Å². The average molecular weight is 573 g/mol. The normalized spacial score (nSPS) is 13.5. The molecular formula is C26H28F6N2NiO2. The molecule has 0 saturated carbocycles. The van der Waals surface area contributed by atoms with E-state index in [0.29, 0.717) is 23.5 Å². The van der Waals surface area contributed by atoms with Crippen molar-refractivity contribution in [3.05, 3.63) is 82.3 Å². The van der Waals surface area contributed by atoms with Gasteiger partial charge in [0.25, 0.3) is 0 Å². The van der Waals surface area contributed by atoms with Gasteiger partial charge in [-0.3, -0.25) is 9.98 Å². The van der Waals surface area contributed by atoms with Gasteiger partial charge in [0.15, 0.2) is 11.5 Å². The van der Waals surface area contributed by atoms with E-state index in [1.165, 1.54) is 13.8 Å². The molecule has 0 heterocycles. The topological polar surface area (TPSA) is 65.2 Å². The molecule has 0 atom stereocenters. The summed E-state index contributed by atoms with van der Waals surface area (Å²) in [5, 5.41) is 17.7. The van der Waals surface area contributed by atoms with Gasteiger partial charge in [-0.15, -0.1) is 0 Å². The minimum atomic E-state index is -4.74. The smallest absolute Gasteiger partial charge is 0.448 e. The standard InChI is InChI=1S/2C13H14F3NO.Ni/c2*1-8-5-4-6-9(2)12(8)17-10(3)7-11(18)13(14,15)16;/h2*4-7,18H,1-3H3;. The summed E-state index contributed by atoms with van der Waals surface area (Å²) in [7, 11) is 0. The molecule has 0 bridgehead atoms. The molecule has 0 aliphatic carbocycles. The summed E-state index contributed by atoms with van der Waals surface area (Å²) in [5.74, 6) is -3.29. The second kappa shape index (κ2) is 14.0. The molecule has 0 fully saturated rings. The maximum atomic E-state index is 12.1. The monoisotopic (exact) mass is 572 g/mol. The third kappa shape index (κ3) is 11.2. The molecule has 11 heteroatoms. The Labute approximate surface area is 222 Å². The predicted molar refractivity (Wildman–Crippen MR) is 131 cm³/mol. The molecule has 0 amide bonds. The second-order valence-corrected chi connectivity index (χ2v) is 8.04. The van der Waals surface area contributed by atoms with E-state index in [1.54, 1.807) is 0 Å². The van der Waals surface area contributed by atoms with Crippen LogP contribution in [0.5, 0.6) is 0 Å². The molecule has 37 heavy (non-hydrogen) atoms. The van der Waals surface area contributed by atoms with Gasteiger partial charge in [0.1, 0.15) is 0 Å². The van der Waals surface area contributed by atoms with Crippen molar-refractivity contribution in [3.63, 3.8) is 0 Å². The Balaban J connectivity index is 0.000000682. The number of aliphatic hydroxyl groups is 2. The SMILES string of the molecule is CC(C=C(O)C(F)(F)F)=Nc1c(C)cccc1C.CC(C=C(O)C(F)(F)F)=Nc1c(C)cccc1C.[Ni]. The van der Waals surface area contributed by atoms with Crippen molar-refractivity contribution in [1.82, 2.24) is 0 Å². The summed E-state index contributed by atoms with van der Waals surface area (Å²) < 4.78 is 72.8. The van der Waals surface area contributed by atoms with E-state index in [1.807, 2.05) is 64.1 Å². The number of para-hydroxylation sites is 2. The van der Waals surface area contributed by atoms with Crippen LogP contribution in [0.25, 0.3) is 0 Å². The number of benzene rings is 2. The molecular weight excluding hydrogens is 545 g/mol. The van der Waals surface area contributed by atoms with Gasteiger partial charge >= 0.3 is 12.4 Å². The van der Waals surface area contributed by atoms with Crippen LogP contribution in [0.15, 0.2) is 70.1 Å². The van der Waals surface area contributed by atoms with Gasteiger partial charge in [0.2, 0.25) is 0 Å². The zero-order valence-electron chi connectivity index (χ0n) is 21.0. The molecule has 0 radical (unpaired) electrons. The summed E-state index contributed by atoms with van der Waals surface area (Å²) in [4.78, 5) is 8.18. The van der Waals surface area contributed by atoms with E-state index in [2.05, 4.69) is 9.98 Å². The minimum Gasteiger partial charge on any atom is -0.504 e. The van der Waals surface area contributed by atoms with E-state index in [-0.39, 0.29) is 27.9 Å². The largest absolute Gasteiger partial charge is 0.504 e. The van der Waals surface area contributed by atoms with Gasteiger partial charge in [0, 0.05) is 40.1 Å². The first-order valence-corrected chi connectivity index (χ1v) is 10.6. The van der Waals surface area contributed by atoms with Gasteiger partial charge in [-0.05, 0) is 63.8 Å². The average Bonchev–Trinajstić information content (AvgIpc) is 2.72. The van der Waals surface area contributed by atoms with Crippen molar-refractivity contribution >= 4 is 22.8 Å². The fraction of sp³-hybridized carbons (Fsp3) is 0.308. The van der Waals surface area contributed by atoms with Crippen LogP contribution >= 0.6 is 0 Å². The quantitative estimate of drug-likeness (QED) is 0.166. The number of alkyl halides is 6. The number of rotatable bonds is 4. The van der Waals surface area contributed by atoms with E-state index in [0.717, 1.165) is 22.3 Å². The zero-order valence-corrected chi connectivity index (χ0v) is 22.0. The summed E-state index contributed by atoms with van der Waals surface area (Å²) in [6.45, 7) is 10.1. The first-order chi connectivity index (χ1) is 16.4. The summed E-state index contributed by atoms with van der Waals surface area (Å²) in [5.41, 5.74) is 4.93. The van der Waals surface area contributed by atoms with Crippen molar-refractivity contribution in [2.75, 3.05) is 0 Å². The molecule has 0 aliphatic heterocycles. The number of aliphatic hydroxyl groups excluding tert-OH is 2. The van der Waals surface area contributed by atoms with Crippen molar-refractivity contribution in [3.8, 4) is 0 Å². The van der Waals surface area contributed by atoms with E-state index in [9.17, 15) is 26.3 Å². The number of aryl methyl sites for hydroxylation is 4. The Morgan fingerprint density at radius 3 is 1.08 bits per heavy atom. The first-order valence-electron chi connectivity index (χ1n) is 10.6. The molecule has 2 rings (SSSR count). The first kappa shape index (κ1) is 33.9. The molecule has 206 valence electrons. The van der Waals surface area contributed by atoms with Crippen molar-refractivity contribution in [2.45, 2.75) is 53.9 Å². The van der Waals surface area contributed by atoms with E-state index in [4.69, 9.17) is 10.2 Å². The molecule has 4 nitrogen and oxygen atoms in total. The van der Waals surface area contributed by atoms with E-state index >= 15 is 0 Å². The second-order valence-electron chi connectivity index (χ2n) is 8.04. The Kier molecular flexibility index (Phi) is 12.9. The molecule has 0 unspecified atom stereocenters. The maximum absolute atomic E-state index is 12.1. The van der Waals surface area contributed by atoms with Crippen LogP contribution in [-0.2, 0) is 16.5 Å². The number of allylic oxidation sites excluding steroid dienone is 4. The molecule has 2 aromatic carbocycles. The van der Waals surface area contributed by atoms with Crippen LogP contribution in [0.4, 0.5) is 37.7 Å². The van der Waals surface area contributed by atoms with Crippen LogP contribution in [0.3, 0.4) is 0 Å². The summed E-state index contributed by atoms with van der Waals surface area (Å²) >= 11 is 0. The molecule has 2 N–H and O–H groups in total. The predicted octanol–water partition coefficient (Wildman–Crippen LogP) is 8.80. The fourth-order valence-corrected chi connectivity index (χ4v) is 2.94. The minimum absolute atomic E-state index is 0. The van der Waals surface area contributed by atoms with Crippen LogP contribution in [0.1, 0.15) is 36.1 Å². The Morgan fingerprint density at radius 2 is 0.865 bits per heavy atom. The molecule has 0 aromatic heterocycles. The van der Waals surface area contributed by atoms with E-state index < -0.39 is 23.9 Å². The number of aliphatic imine (C=N–C) groups is 2. The number of nitrogens with zero attached hydrogens (tertiary/aromatic N) is 2. The van der Waals surface area contributed by atoms with Gasteiger partial charge < -0.3 is 10.2 Å². The summed E-state index contributed by atoms with van der Waals surface area (Å²) in [6, 6.07) is 11.0. The van der Waals surface area contributed by atoms with Gasteiger partial charge in [-0.25, -0.2) is 0 Å². The Bertz CT molecular complexity index is 1060. The van der Waals surface area contributed by atoms with Crippen LogP contribution < -0.4 is 0 Å². The van der Waals surface area contributed by atoms with Gasteiger partial charge in [-0.1, -0.05) is 36.4 Å². The third-order valence-electron chi connectivity index (χ3n) is 4.73. The van der Waals surface area contributed by atoms with Crippen molar-refractivity contribution in [1.29, 1.82) is 0 Å². The molecule has 0 spiro atoms. The van der Waals surface area contributed by atoms with Crippen LogP contribution in [0, 0.1) is 27.7 Å². The maximum Gasteiger partial charge on any atom is 0.448 e. The van der Waals surface area contributed by atoms with Crippen LogP contribution in [0.2, 0.25) is 0 Å². The third-order valence-corrected chi connectivity index (χ3v) is 4.73. The van der Waals surface area contributed by atoms with Crippen molar-refractivity contribution < 1.29 is 53.0 Å². The number of hydrogen-bond donors (Lipinski definition) is 2. The van der Waals surface area contributed by atoms with Gasteiger partial charge in [-0.2, -0.15) is 26.3 Å². The molecule has 2 aromatic rings. The Morgan fingerprint density at radius 1 is 0.622 bits per heavy atom. The van der Waals surface area contributed by atoms with Gasteiger partial charge in [0.05, 0.1) is 11.4 Å². The number of halogens is 6. The molecule has 0 aliphatic rings. The van der Waals surface area contributed by atoms with Crippen molar-refractivity contribution in [2.24, 2.45) is 9.98 Å². The number of hydrogen-bond acceptors (Lipinski definition) is 4. The molecule has 0 saturated heterocycles. The summed E-state index contributed by atoms with van der Waals surface area (Å²) in [6.07, 6.45) is -8.24. The zero-order chi connectivity index (χ0) is 27.8. The fourth-order valence-electron chi connectivity index (χ4n) is 2.94.